The van der Waals surface area contributed by atoms with Crippen LogP contribution in [0.1, 0.15) is 47.1 Å². The number of aromatic nitrogens is 3. The van der Waals surface area contributed by atoms with Gasteiger partial charge in [0.2, 0.25) is 0 Å². The zero-order valence-electron chi connectivity index (χ0n) is 16.7. The molecule has 0 aliphatic heterocycles. The second-order valence-corrected chi connectivity index (χ2v) is 9.77. The first-order chi connectivity index (χ1) is 11.7. The number of phosphoric acid groups is 1. The third kappa shape index (κ3) is 5.04. The average Bonchev–Trinajstić information content (AvgIpc) is 2.69. The largest absolute Gasteiger partial charge is 0.477 e. The van der Waals surface area contributed by atoms with Crippen molar-refractivity contribution in [2.75, 3.05) is 0 Å². The molecule has 0 spiro atoms. The van der Waals surface area contributed by atoms with Gasteiger partial charge in [-0.3, -0.25) is 22.9 Å². The van der Waals surface area contributed by atoms with E-state index in [2.05, 4.69) is 4.98 Å². The van der Waals surface area contributed by atoms with Crippen LogP contribution in [0.2, 0.25) is 0 Å². The van der Waals surface area contributed by atoms with Gasteiger partial charge >= 0.3 is 7.82 Å². The Bertz CT molecular complexity index is 882. The maximum atomic E-state index is 13.1. The van der Waals surface area contributed by atoms with Gasteiger partial charge in [0.15, 0.2) is 0 Å². The minimum absolute atomic E-state index is 0.272. The summed E-state index contributed by atoms with van der Waals surface area (Å²) in [5.74, 6) is 0. The van der Waals surface area contributed by atoms with Gasteiger partial charge in [0.25, 0.3) is 5.56 Å². The number of hydrogen-bond donors (Lipinski definition) is 0. The summed E-state index contributed by atoms with van der Waals surface area (Å²) in [5, 5.41) is 0.502. The minimum Gasteiger partial charge on any atom is -0.335 e. The maximum absolute atomic E-state index is 13.1. The van der Waals surface area contributed by atoms with Crippen molar-refractivity contribution < 1.29 is 18.1 Å². The number of hydrogen-bond acceptors (Lipinski definition) is 6. The Labute approximate surface area is 153 Å². The first-order valence-electron chi connectivity index (χ1n) is 8.38. The predicted molar refractivity (Wildman–Crippen MR) is 100 cm³/mol. The van der Waals surface area contributed by atoms with E-state index in [1.165, 1.54) is 10.9 Å². The van der Waals surface area contributed by atoms with Crippen LogP contribution >= 0.6 is 7.82 Å². The number of phosphoric ester groups is 1. The van der Waals surface area contributed by atoms with Crippen LogP contribution in [0.4, 0.5) is 0 Å². The summed E-state index contributed by atoms with van der Waals surface area (Å²) in [5.41, 5.74) is -0.363. The molecule has 0 saturated heterocycles. The Morgan fingerprint density at radius 2 is 1.65 bits per heavy atom. The fourth-order valence-corrected chi connectivity index (χ4v) is 4.23. The fraction of sp³-hybridized carbons (Fsp3) is 0.647. The lowest BCUT2D eigenvalue weighted by atomic mass is 10.2. The molecule has 0 aliphatic carbocycles. The van der Waals surface area contributed by atoms with Gasteiger partial charge < -0.3 is 4.57 Å². The first kappa shape index (κ1) is 20.8. The molecule has 146 valence electrons. The smallest absolute Gasteiger partial charge is 0.335 e. The molecule has 0 atom stereocenters. The fourth-order valence-electron chi connectivity index (χ4n) is 2.48. The van der Waals surface area contributed by atoms with Gasteiger partial charge in [-0.05, 0) is 54.0 Å². The summed E-state index contributed by atoms with van der Waals surface area (Å²) in [7, 11) is -2.08. The van der Waals surface area contributed by atoms with Crippen LogP contribution in [0.25, 0.3) is 11.0 Å². The van der Waals surface area contributed by atoms with Crippen molar-refractivity contribution in [3.63, 3.8) is 0 Å². The van der Waals surface area contributed by atoms with E-state index in [0.29, 0.717) is 11.0 Å². The molecule has 0 amide bonds. The Balaban J connectivity index is 2.33. The third-order valence-electron chi connectivity index (χ3n) is 3.26. The molecule has 0 N–H and O–H groups in total. The van der Waals surface area contributed by atoms with Gasteiger partial charge in [-0.15, -0.1) is 0 Å². The Morgan fingerprint density at radius 3 is 2.15 bits per heavy atom. The van der Waals surface area contributed by atoms with Gasteiger partial charge in [0.05, 0.1) is 16.6 Å². The quantitative estimate of drug-likeness (QED) is 0.729. The van der Waals surface area contributed by atoms with Crippen molar-refractivity contribution in [2.45, 2.75) is 66.4 Å². The standard InChI is InChI=1S/C17H28N3O5P/c1-12-9-19(8)14-13(12)15(21)20(10-18-14)11-23-26(22,24-16(2,3)4)25-17(5,6)7/h9-10H,11H2,1-8H3. The second-order valence-electron chi connectivity index (χ2n) is 8.25. The molecule has 0 aromatic carbocycles. The highest BCUT2D eigenvalue weighted by Gasteiger charge is 2.37. The molecule has 26 heavy (non-hydrogen) atoms. The minimum atomic E-state index is -3.91. The van der Waals surface area contributed by atoms with Crippen LogP contribution in [0.15, 0.2) is 17.3 Å². The van der Waals surface area contributed by atoms with Crippen LogP contribution in [0.5, 0.6) is 0 Å². The molecule has 8 nitrogen and oxygen atoms in total. The zero-order chi connectivity index (χ0) is 19.9. The molecule has 9 heteroatoms. The van der Waals surface area contributed by atoms with E-state index in [1.807, 2.05) is 20.2 Å². The average molecular weight is 385 g/mol. The summed E-state index contributed by atoms with van der Waals surface area (Å²) in [6, 6.07) is 0. The van der Waals surface area contributed by atoms with E-state index in [-0.39, 0.29) is 12.3 Å². The van der Waals surface area contributed by atoms with Gasteiger partial charge in [-0.2, -0.15) is 0 Å². The zero-order valence-corrected chi connectivity index (χ0v) is 17.6. The molecule has 0 aliphatic rings. The van der Waals surface area contributed by atoms with E-state index < -0.39 is 19.0 Å². The highest BCUT2D eigenvalue weighted by molar-refractivity contribution is 7.48. The van der Waals surface area contributed by atoms with Crippen LogP contribution in [-0.2, 0) is 31.9 Å². The van der Waals surface area contributed by atoms with Gasteiger partial charge in [0, 0.05) is 13.2 Å². The Kier molecular flexibility index (Phi) is 5.55. The first-order valence-corrected chi connectivity index (χ1v) is 9.84. The summed E-state index contributed by atoms with van der Waals surface area (Å²) < 4.78 is 32.7. The molecular formula is C17H28N3O5P. The SMILES string of the molecule is Cc1cn(C)c2ncn(COP(=O)(OC(C)(C)C)OC(C)(C)C)c(=O)c12. The molecule has 0 radical (unpaired) electrons. The molecule has 0 saturated carbocycles. The van der Waals surface area contributed by atoms with Crippen LogP contribution in [-0.4, -0.2) is 25.3 Å². The van der Waals surface area contributed by atoms with Crippen LogP contribution in [0.3, 0.4) is 0 Å². The summed E-state index contributed by atoms with van der Waals surface area (Å²) >= 11 is 0. The van der Waals surface area contributed by atoms with Crippen molar-refractivity contribution in [1.82, 2.24) is 14.1 Å². The Morgan fingerprint density at radius 1 is 1.12 bits per heavy atom. The third-order valence-corrected chi connectivity index (χ3v) is 5.23. The van der Waals surface area contributed by atoms with Crippen LogP contribution in [0, 0.1) is 6.92 Å². The highest BCUT2D eigenvalue weighted by Crippen LogP contribution is 2.55. The number of aryl methyl sites for hydroxylation is 2. The molecule has 2 heterocycles. The molecular weight excluding hydrogens is 357 g/mol. The summed E-state index contributed by atoms with van der Waals surface area (Å²) in [4.78, 5) is 17.0. The predicted octanol–water partition coefficient (Wildman–Crippen LogP) is 3.76. The maximum Gasteiger partial charge on any atom is 0.477 e. The van der Waals surface area contributed by atoms with Gasteiger partial charge in [-0.25, -0.2) is 9.55 Å². The summed E-state index contributed by atoms with van der Waals surface area (Å²) in [6.45, 7) is 12.1. The molecule has 0 fully saturated rings. The lowest BCUT2D eigenvalue weighted by Gasteiger charge is -2.30. The van der Waals surface area contributed by atoms with E-state index in [1.54, 1.807) is 46.1 Å². The van der Waals surface area contributed by atoms with Gasteiger partial charge in [-0.1, -0.05) is 0 Å². The normalized spacial score (nSPS) is 13.5. The summed E-state index contributed by atoms with van der Waals surface area (Å²) in [6.07, 6.45) is 3.20. The van der Waals surface area contributed by atoms with E-state index in [4.69, 9.17) is 13.6 Å². The molecule has 0 unspecified atom stereocenters. The number of fused-ring (bicyclic) bond motifs is 1. The highest BCUT2D eigenvalue weighted by atomic mass is 31.2. The number of rotatable bonds is 5. The second kappa shape index (κ2) is 6.93. The monoisotopic (exact) mass is 385 g/mol. The molecule has 2 aromatic rings. The van der Waals surface area contributed by atoms with Crippen molar-refractivity contribution in [3.05, 3.63) is 28.4 Å². The topological polar surface area (TPSA) is 84.6 Å². The lowest BCUT2D eigenvalue weighted by molar-refractivity contribution is -0.00655. The Hall–Kier alpha value is -1.47. The van der Waals surface area contributed by atoms with Crippen LogP contribution < -0.4 is 5.56 Å². The molecule has 0 bridgehead atoms. The molecule has 2 aromatic heterocycles. The van der Waals surface area contributed by atoms with Gasteiger partial charge in [0.1, 0.15) is 18.7 Å². The van der Waals surface area contributed by atoms with Crippen molar-refractivity contribution in [2.24, 2.45) is 7.05 Å². The van der Waals surface area contributed by atoms with E-state index >= 15 is 0 Å². The molecule has 2 rings (SSSR count). The van der Waals surface area contributed by atoms with Crippen molar-refractivity contribution >= 4 is 18.9 Å². The van der Waals surface area contributed by atoms with E-state index in [0.717, 1.165) is 5.56 Å². The number of nitrogens with zero attached hydrogens (tertiary/aromatic N) is 3. The van der Waals surface area contributed by atoms with Crippen molar-refractivity contribution in [3.8, 4) is 0 Å². The lowest BCUT2D eigenvalue weighted by Crippen LogP contribution is -2.27. The van der Waals surface area contributed by atoms with E-state index in [9.17, 15) is 9.36 Å². The van der Waals surface area contributed by atoms with Crippen molar-refractivity contribution in [1.29, 1.82) is 0 Å².